The molecule has 0 fully saturated rings. The molecule has 1 rings (SSSR count). The Kier molecular flexibility index (Phi) is 6.42. The van der Waals surface area contributed by atoms with Gasteiger partial charge in [0.2, 0.25) is 0 Å². The Morgan fingerprint density at radius 2 is 2.15 bits per heavy atom. The van der Waals surface area contributed by atoms with Crippen molar-refractivity contribution in [1.29, 1.82) is 0 Å². The Morgan fingerprint density at radius 1 is 1.45 bits per heavy atom. The monoisotopic (exact) mass is 300 g/mol. The van der Waals surface area contributed by atoms with Crippen molar-refractivity contribution in [3.63, 3.8) is 0 Å². The summed E-state index contributed by atoms with van der Waals surface area (Å²) < 4.78 is 10.5. The number of hydrogen-bond acceptors (Lipinski definition) is 6. The number of nitrogens with zero attached hydrogens (tertiary/aromatic N) is 1. The molecule has 0 aromatic carbocycles. The third-order valence-electron chi connectivity index (χ3n) is 2.92. The summed E-state index contributed by atoms with van der Waals surface area (Å²) in [5.74, 6) is -0.250. The third kappa shape index (κ3) is 4.45. The minimum Gasteiger partial charge on any atom is -0.465 e. The van der Waals surface area contributed by atoms with Crippen LogP contribution in [-0.4, -0.2) is 36.8 Å². The number of nitrogens with one attached hydrogen (secondary N) is 1. The fourth-order valence-electron chi connectivity index (χ4n) is 1.63. The van der Waals surface area contributed by atoms with Gasteiger partial charge in [-0.05, 0) is 34.6 Å². The molecule has 0 spiro atoms. The molecule has 1 atom stereocenters. The van der Waals surface area contributed by atoms with E-state index < -0.39 is 5.41 Å². The lowest BCUT2D eigenvalue weighted by Gasteiger charge is -2.19. The van der Waals surface area contributed by atoms with E-state index in [4.69, 9.17) is 9.47 Å². The van der Waals surface area contributed by atoms with Gasteiger partial charge in [-0.1, -0.05) is 0 Å². The van der Waals surface area contributed by atoms with E-state index in [0.29, 0.717) is 19.8 Å². The Bertz CT molecular complexity index is 432. The highest BCUT2D eigenvalue weighted by Crippen LogP contribution is 2.28. The van der Waals surface area contributed by atoms with E-state index in [1.165, 1.54) is 11.3 Å². The SMILES string of the molecule is CCOC(=O)C(C)(C)c1csc(NCC(C)OCC)n1. The number of hydrogen-bond donors (Lipinski definition) is 1. The van der Waals surface area contributed by atoms with Crippen molar-refractivity contribution in [1.82, 2.24) is 4.98 Å². The van der Waals surface area contributed by atoms with Crippen molar-refractivity contribution in [2.24, 2.45) is 0 Å². The van der Waals surface area contributed by atoms with Crippen LogP contribution in [0.2, 0.25) is 0 Å². The number of rotatable bonds is 8. The van der Waals surface area contributed by atoms with Crippen molar-refractivity contribution in [2.45, 2.75) is 46.1 Å². The molecule has 0 amide bonds. The zero-order chi connectivity index (χ0) is 15.2. The minimum absolute atomic E-state index is 0.130. The summed E-state index contributed by atoms with van der Waals surface area (Å²) in [6.07, 6.45) is 0.130. The Labute approximate surface area is 124 Å². The van der Waals surface area contributed by atoms with Crippen LogP contribution in [0.25, 0.3) is 0 Å². The van der Waals surface area contributed by atoms with Gasteiger partial charge in [0.15, 0.2) is 5.13 Å². The molecule has 1 unspecified atom stereocenters. The summed E-state index contributed by atoms with van der Waals surface area (Å²) in [6, 6.07) is 0. The standard InChI is InChI=1S/C14H24N2O3S/c1-6-18-10(3)8-15-13-16-11(9-20-13)14(4,5)12(17)19-7-2/h9-10H,6-8H2,1-5H3,(H,15,16). The molecule has 1 aromatic heterocycles. The first-order chi connectivity index (χ1) is 9.41. The molecule has 0 aliphatic heterocycles. The van der Waals surface area contributed by atoms with Gasteiger partial charge in [0.25, 0.3) is 0 Å². The molecule has 1 heterocycles. The van der Waals surface area contributed by atoms with Gasteiger partial charge in [0.05, 0.1) is 18.4 Å². The molecule has 114 valence electrons. The highest BCUT2D eigenvalue weighted by atomic mass is 32.1. The number of carbonyl (C=O) groups excluding carboxylic acids is 1. The van der Waals surface area contributed by atoms with Crippen LogP contribution in [0, 0.1) is 0 Å². The molecule has 1 aromatic rings. The fraction of sp³-hybridized carbons (Fsp3) is 0.714. The minimum atomic E-state index is -0.724. The molecular formula is C14H24N2O3S. The van der Waals surface area contributed by atoms with E-state index in [9.17, 15) is 4.79 Å². The van der Waals surface area contributed by atoms with Gasteiger partial charge >= 0.3 is 5.97 Å². The lowest BCUT2D eigenvalue weighted by atomic mass is 9.90. The van der Waals surface area contributed by atoms with Crippen molar-refractivity contribution >= 4 is 22.4 Å². The molecule has 0 radical (unpaired) electrons. The Hall–Kier alpha value is -1.14. The molecule has 20 heavy (non-hydrogen) atoms. The van der Waals surface area contributed by atoms with E-state index in [2.05, 4.69) is 10.3 Å². The highest BCUT2D eigenvalue weighted by molar-refractivity contribution is 7.13. The zero-order valence-corrected chi connectivity index (χ0v) is 13.7. The first-order valence-electron chi connectivity index (χ1n) is 6.90. The Balaban J connectivity index is 2.64. The van der Waals surface area contributed by atoms with Crippen LogP contribution >= 0.6 is 11.3 Å². The second-order valence-corrected chi connectivity index (χ2v) is 5.89. The number of esters is 1. The van der Waals surface area contributed by atoms with Gasteiger partial charge in [-0.15, -0.1) is 11.3 Å². The molecule has 0 saturated carbocycles. The smallest absolute Gasteiger partial charge is 0.317 e. The zero-order valence-electron chi connectivity index (χ0n) is 12.9. The first-order valence-corrected chi connectivity index (χ1v) is 7.78. The molecule has 0 aliphatic rings. The summed E-state index contributed by atoms with van der Waals surface area (Å²) in [4.78, 5) is 16.4. The first kappa shape index (κ1) is 16.9. The molecule has 6 heteroatoms. The van der Waals surface area contributed by atoms with E-state index in [1.807, 2.05) is 33.1 Å². The number of aromatic nitrogens is 1. The van der Waals surface area contributed by atoms with Crippen molar-refractivity contribution in [3.8, 4) is 0 Å². The van der Waals surface area contributed by atoms with Crippen molar-refractivity contribution in [2.75, 3.05) is 25.1 Å². The van der Waals surface area contributed by atoms with E-state index in [0.717, 1.165) is 10.8 Å². The summed E-state index contributed by atoms with van der Waals surface area (Å²) in [6.45, 7) is 11.2. The predicted octanol–water partition coefficient (Wildman–Crippen LogP) is 2.82. The van der Waals surface area contributed by atoms with Crippen LogP contribution in [0.1, 0.15) is 40.3 Å². The van der Waals surface area contributed by atoms with Crippen LogP contribution in [0.15, 0.2) is 5.38 Å². The molecule has 5 nitrogen and oxygen atoms in total. The Morgan fingerprint density at radius 3 is 2.75 bits per heavy atom. The number of anilines is 1. The summed E-state index contributed by atoms with van der Waals surface area (Å²) in [5, 5.41) is 5.91. The van der Waals surface area contributed by atoms with Gasteiger partial charge in [0, 0.05) is 18.5 Å². The van der Waals surface area contributed by atoms with Gasteiger partial charge in [-0.3, -0.25) is 4.79 Å². The second kappa shape index (κ2) is 7.59. The largest absolute Gasteiger partial charge is 0.465 e. The van der Waals surface area contributed by atoms with Crippen molar-refractivity contribution in [3.05, 3.63) is 11.1 Å². The highest BCUT2D eigenvalue weighted by Gasteiger charge is 2.33. The summed E-state index contributed by atoms with van der Waals surface area (Å²) in [7, 11) is 0. The van der Waals surface area contributed by atoms with Crippen molar-refractivity contribution < 1.29 is 14.3 Å². The predicted molar refractivity (Wildman–Crippen MR) is 81.4 cm³/mol. The van der Waals surface area contributed by atoms with Crippen LogP contribution in [-0.2, 0) is 19.7 Å². The average Bonchev–Trinajstić information content (AvgIpc) is 2.86. The van der Waals surface area contributed by atoms with Gasteiger partial charge in [-0.2, -0.15) is 0 Å². The molecule has 1 N–H and O–H groups in total. The number of ether oxygens (including phenoxy) is 2. The number of carbonyl (C=O) groups is 1. The second-order valence-electron chi connectivity index (χ2n) is 5.03. The van der Waals surface area contributed by atoms with Crippen LogP contribution in [0.3, 0.4) is 0 Å². The van der Waals surface area contributed by atoms with Crippen LogP contribution in [0.5, 0.6) is 0 Å². The van der Waals surface area contributed by atoms with Crippen LogP contribution in [0.4, 0.5) is 5.13 Å². The fourth-order valence-corrected chi connectivity index (χ4v) is 2.52. The lowest BCUT2D eigenvalue weighted by molar-refractivity contribution is -0.148. The summed E-state index contributed by atoms with van der Waals surface area (Å²) >= 11 is 1.49. The van der Waals surface area contributed by atoms with Crippen LogP contribution < -0.4 is 5.32 Å². The quantitative estimate of drug-likeness (QED) is 0.748. The molecule has 0 aliphatic carbocycles. The lowest BCUT2D eigenvalue weighted by Crippen LogP contribution is -2.31. The van der Waals surface area contributed by atoms with E-state index in [1.54, 1.807) is 6.92 Å². The third-order valence-corrected chi connectivity index (χ3v) is 3.72. The van der Waals surface area contributed by atoms with Gasteiger partial charge in [0.1, 0.15) is 5.41 Å². The van der Waals surface area contributed by atoms with E-state index >= 15 is 0 Å². The number of thiazole rings is 1. The van der Waals surface area contributed by atoms with E-state index in [-0.39, 0.29) is 12.1 Å². The normalized spacial score (nSPS) is 13.1. The van der Waals surface area contributed by atoms with Gasteiger partial charge in [-0.25, -0.2) is 4.98 Å². The molecule has 0 saturated heterocycles. The van der Waals surface area contributed by atoms with Gasteiger partial charge < -0.3 is 14.8 Å². The summed E-state index contributed by atoms with van der Waals surface area (Å²) in [5.41, 5.74) is 0.00495. The average molecular weight is 300 g/mol. The maximum absolute atomic E-state index is 11.9. The maximum Gasteiger partial charge on any atom is 0.317 e. The molecule has 0 bridgehead atoms. The maximum atomic E-state index is 11.9. The molecular weight excluding hydrogens is 276 g/mol. The topological polar surface area (TPSA) is 60.5 Å².